The first kappa shape index (κ1) is 12.9. The van der Waals surface area contributed by atoms with E-state index in [1.807, 2.05) is 0 Å². The van der Waals surface area contributed by atoms with Crippen molar-refractivity contribution in [3.63, 3.8) is 0 Å². The Morgan fingerprint density at radius 2 is 2.25 bits per heavy atom. The molecule has 0 atom stereocenters. The van der Waals surface area contributed by atoms with Crippen molar-refractivity contribution in [1.29, 1.82) is 0 Å². The van der Waals surface area contributed by atoms with Crippen LogP contribution in [-0.2, 0) is 0 Å². The van der Waals surface area contributed by atoms with Crippen molar-refractivity contribution in [2.45, 2.75) is 6.92 Å². The van der Waals surface area contributed by atoms with Crippen LogP contribution in [0.5, 0.6) is 5.75 Å². The molecular weight excluding hydrogens is 233 g/mol. The third kappa shape index (κ3) is 2.33. The molecule has 0 amide bonds. The number of nitrogens with one attached hydrogen (secondary N) is 1. The zero-order valence-corrected chi connectivity index (χ0v) is 10.1. The summed E-state index contributed by atoms with van der Waals surface area (Å²) in [6, 6.07) is 1.14. The van der Waals surface area contributed by atoms with E-state index in [0.29, 0.717) is 5.56 Å². The summed E-state index contributed by atoms with van der Waals surface area (Å²) in [5, 5.41) is 2.93. The Labute approximate surface area is 98.5 Å². The third-order valence-electron chi connectivity index (χ3n) is 2.25. The molecule has 0 fully saturated rings. The number of likely N-dealkylation sites (N-methyl/N-ethyl adjacent to an activating group) is 1. The Morgan fingerprint density at radius 1 is 1.62 bits per heavy atom. The number of benzene rings is 1. The largest absolute Gasteiger partial charge is 0.493 e. The van der Waals surface area contributed by atoms with Gasteiger partial charge < -0.3 is 10.1 Å². The number of methoxy groups -OCH3 is 1. The maximum Gasteiger partial charge on any atom is 0.180 e. The van der Waals surface area contributed by atoms with Crippen LogP contribution in [0, 0.1) is 12.7 Å². The van der Waals surface area contributed by atoms with Crippen molar-refractivity contribution < 1.29 is 13.9 Å². The molecule has 0 bridgehead atoms. The minimum atomic E-state index is -0.627. The molecule has 1 aromatic carbocycles. The quantitative estimate of drug-likeness (QED) is 0.827. The van der Waals surface area contributed by atoms with Crippen LogP contribution in [-0.4, -0.2) is 26.5 Å². The van der Waals surface area contributed by atoms with Crippen molar-refractivity contribution in [3.8, 4) is 5.75 Å². The molecule has 0 unspecified atom stereocenters. The molecule has 0 aliphatic heterocycles. The van der Waals surface area contributed by atoms with Crippen LogP contribution in [0.1, 0.15) is 15.9 Å². The van der Waals surface area contributed by atoms with Crippen molar-refractivity contribution in [2.24, 2.45) is 0 Å². The predicted octanol–water partition coefficient (Wildman–Crippen LogP) is 2.20. The second-order valence-electron chi connectivity index (χ2n) is 3.33. The first-order valence-corrected chi connectivity index (χ1v) is 5.11. The number of hydrogen-bond donors (Lipinski definition) is 1. The number of carbonyl (C=O) groups is 1. The highest BCUT2D eigenvalue weighted by Gasteiger charge is 2.20. The summed E-state index contributed by atoms with van der Waals surface area (Å²) in [6.07, 6.45) is 0. The van der Waals surface area contributed by atoms with Gasteiger partial charge in [-0.1, -0.05) is 11.6 Å². The van der Waals surface area contributed by atoms with E-state index in [1.165, 1.54) is 7.11 Å². The van der Waals surface area contributed by atoms with Gasteiger partial charge in [-0.15, -0.1) is 0 Å². The highest BCUT2D eigenvalue weighted by Crippen LogP contribution is 2.31. The smallest absolute Gasteiger partial charge is 0.180 e. The van der Waals surface area contributed by atoms with Gasteiger partial charge in [-0.3, -0.25) is 4.79 Å². The van der Waals surface area contributed by atoms with Crippen LogP contribution in [0.15, 0.2) is 6.07 Å². The SMILES string of the molecule is CNCC(=O)c1c(C)c(Cl)cc(F)c1OC. The monoisotopic (exact) mass is 245 g/mol. The molecular formula is C11H13ClFNO2. The summed E-state index contributed by atoms with van der Waals surface area (Å²) >= 11 is 5.82. The number of ketones is 1. The Morgan fingerprint density at radius 3 is 2.75 bits per heavy atom. The van der Waals surface area contributed by atoms with Crippen molar-refractivity contribution >= 4 is 17.4 Å². The molecule has 0 spiro atoms. The van der Waals surface area contributed by atoms with Crippen molar-refractivity contribution in [3.05, 3.63) is 28.0 Å². The standard InChI is InChI=1S/C11H13ClFNO2/c1-6-7(12)4-8(13)11(16-3)10(6)9(15)5-14-2/h4,14H,5H2,1-3H3. The molecule has 0 aromatic heterocycles. The van der Waals surface area contributed by atoms with Gasteiger partial charge in [0.2, 0.25) is 0 Å². The van der Waals surface area contributed by atoms with Crippen molar-refractivity contribution in [2.75, 3.05) is 20.7 Å². The van der Waals surface area contributed by atoms with E-state index in [0.717, 1.165) is 6.07 Å². The predicted molar refractivity (Wildman–Crippen MR) is 61.0 cm³/mol. The number of hydrogen-bond acceptors (Lipinski definition) is 3. The first-order valence-electron chi connectivity index (χ1n) is 4.73. The summed E-state index contributed by atoms with van der Waals surface area (Å²) in [6.45, 7) is 1.77. The molecule has 88 valence electrons. The Kier molecular flexibility index (Phi) is 4.26. The third-order valence-corrected chi connectivity index (χ3v) is 2.64. The lowest BCUT2D eigenvalue weighted by molar-refractivity contribution is 0.0989. The summed E-state index contributed by atoms with van der Waals surface area (Å²) in [5.41, 5.74) is 0.724. The van der Waals surface area contributed by atoms with Gasteiger partial charge in [0.25, 0.3) is 0 Å². The molecule has 1 N–H and O–H groups in total. The first-order chi connectivity index (χ1) is 7.52. The molecule has 0 aliphatic rings. The van der Waals surface area contributed by atoms with Gasteiger partial charge in [-0.25, -0.2) is 4.39 Å². The van der Waals surface area contributed by atoms with Crippen LogP contribution < -0.4 is 10.1 Å². The molecule has 0 heterocycles. The fourth-order valence-electron chi connectivity index (χ4n) is 1.48. The fourth-order valence-corrected chi connectivity index (χ4v) is 1.67. The minimum Gasteiger partial charge on any atom is -0.493 e. The summed E-state index contributed by atoms with van der Waals surface area (Å²) in [5.74, 6) is -0.932. The Balaban J connectivity index is 3.38. The summed E-state index contributed by atoms with van der Waals surface area (Å²) in [7, 11) is 2.96. The lowest BCUT2D eigenvalue weighted by Gasteiger charge is -2.12. The average molecular weight is 246 g/mol. The van der Waals surface area contributed by atoms with E-state index in [1.54, 1.807) is 14.0 Å². The average Bonchev–Trinajstić information content (AvgIpc) is 2.23. The van der Waals surface area contributed by atoms with Gasteiger partial charge in [-0.05, 0) is 25.6 Å². The molecule has 1 rings (SSSR count). The van der Waals surface area contributed by atoms with E-state index < -0.39 is 5.82 Å². The fraction of sp³-hybridized carbons (Fsp3) is 0.364. The summed E-state index contributed by atoms with van der Waals surface area (Å²) in [4.78, 5) is 11.8. The van der Waals surface area contributed by atoms with Crippen LogP contribution >= 0.6 is 11.6 Å². The van der Waals surface area contributed by atoms with Crippen LogP contribution in [0.3, 0.4) is 0 Å². The number of rotatable bonds is 4. The zero-order chi connectivity index (χ0) is 12.3. The van der Waals surface area contributed by atoms with E-state index >= 15 is 0 Å². The van der Waals surface area contributed by atoms with E-state index in [2.05, 4.69) is 5.32 Å². The van der Waals surface area contributed by atoms with Gasteiger partial charge in [0.1, 0.15) is 0 Å². The molecule has 16 heavy (non-hydrogen) atoms. The number of halogens is 2. The van der Waals surface area contributed by atoms with Gasteiger partial charge in [-0.2, -0.15) is 0 Å². The lowest BCUT2D eigenvalue weighted by Crippen LogP contribution is -2.20. The minimum absolute atomic E-state index is 0.0536. The second kappa shape index (κ2) is 5.27. The maximum absolute atomic E-state index is 13.5. The molecule has 1 aromatic rings. The molecule has 0 saturated heterocycles. The maximum atomic E-state index is 13.5. The topological polar surface area (TPSA) is 38.3 Å². The molecule has 0 saturated carbocycles. The van der Waals surface area contributed by atoms with Crippen LogP contribution in [0.25, 0.3) is 0 Å². The second-order valence-corrected chi connectivity index (χ2v) is 3.73. The molecule has 5 heteroatoms. The molecule has 3 nitrogen and oxygen atoms in total. The zero-order valence-electron chi connectivity index (χ0n) is 9.36. The Bertz CT molecular complexity index is 421. The normalized spacial score (nSPS) is 10.3. The van der Waals surface area contributed by atoms with Crippen LogP contribution in [0.4, 0.5) is 4.39 Å². The highest BCUT2D eigenvalue weighted by molar-refractivity contribution is 6.32. The van der Waals surface area contributed by atoms with Gasteiger partial charge in [0.15, 0.2) is 17.3 Å². The summed E-state index contributed by atoms with van der Waals surface area (Å²) < 4.78 is 18.4. The van der Waals surface area contributed by atoms with Gasteiger partial charge in [0, 0.05) is 5.02 Å². The van der Waals surface area contributed by atoms with E-state index in [9.17, 15) is 9.18 Å². The van der Waals surface area contributed by atoms with Gasteiger partial charge >= 0.3 is 0 Å². The number of Topliss-reactive ketones (excluding diaryl/α,β-unsaturated/α-hetero) is 1. The lowest BCUT2D eigenvalue weighted by atomic mass is 10.0. The van der Waals surface area contributed by atoms with E-state index in [4.69, 9.17) is 16.3 Å². The Hall–Kier alpha value is -1.13. The molecule has 0 radical (unpaired) electrons. The number of carbonyl (C=O) groups excluding carboxylic acids is 1. The number of ether oxygens (including phenoxy) is 1. The van der Waals surface area contributed by atoms with E-state index in [-0.39, 0.29) is 28.7 Å². The molecule has 0 aliphatic carbocycles. The van der Waals surface area contributed by atoms with Crippen molar-refractivity contribution in [1.82, 2.24) is 5.32 Å². The van der Waals surface area contributed by atoms with Gasteiger partial charge in [0.05, 0.1) is 19.2 Å². The van der Waals surface area contributed by atoms with Crippen LogP contribution in [0.2, 0.25) is 5.02 Å². The highest BCUT2D eigenvalue weighted by atomic mass is 35.5.